The lowest BCUT2D eigenvalue weighted by atomic mass is 10.1. The summed E-state index contributed by atoms with van der Waals surface area (Å²) in [5.74, 6) is -0.736. The third-order valence-corrected chi connectivity index (χ3v) is 6.17. The molecular formula is C10H14N2O4S2. The van der Waals surface area contributed by atoms with Crippen LogP contribution in [-0.4, -0.2) is 38.9 Å². The third-order valence-electron chi connectivity index (χ3n) is 2.88. The molecule has 1 aromatic heterocycles. The van der Waals surface area contributed by atoms with Gasteiger partial charge in [0.05, 0.1) is 13.0 Å². The third kappa shape index (κ3) is 2.36. The molecule has 1 unspecified atom stereocenters. The van der Waals surface area contributed by atoms with Crippen LogP contribution in [0.5, 0.6) is 0 Å². The van der Waals surface area contributed by atoms with Crippen LogP contribution in [-0.2, 0) is 19.6 Å². The molecule has 1 aliphatic rings. The number of methoxy groups -OCH3 is 1. The van der Waals surface area contributed by atoms with Crippen molar-refractivity contribution in [1.82, 2.24) is 4.31 Å². The molecule has 2 N–H and O–H groups in total. The SMILES string of the molecule is COC(=O)C1CCN(S(=O)(=O)c2cc(N)cs2)C1. The predicted molar refractivity (Wildman–Crippen MR) is 67.6 cm³/mol. The van der Waals surface area contributed by atoms with Crippen LogP contribution in [0.25, 0.3) is 0 Å². The first-order chi connectivity index (χ1) is 8.45. The zero-order valence-corrected chi connectivity index (χ0v) is 11.5. The molecule has 0 amide bonds. The summed E-state index contributed by atoms with van der Waals surface area (Å²) in [5, 5.41) is 1.58. The van der Waals surface area contributed by atoms with Gasteiger partial charge in [-0.2, -0.15) is 4.31 Å². The summed E-state index contributed by atoms with van der Waals surface area (Å²) in [7, 11) is -2.22. The van der Waals surface area contributed by atoms with E-state index in [9.17, 15) is 13.2 Å². The summed E-state index contributed by atoms with van der Waals surface area (Å²) in [4.78, 5) is 11.4. The highest BCUT2D eigenvalue weighted by Gasteiger charge is 2.36. The number of esters is 1. The maximum Gasteiger partial charge on any atom is 0.310 e. The molecule has 0 aliphatic carbocycles. The number of thiophene rings is 1. The summed E-state index contributed by atoms with van der Waals surface area (Å²) in [5.41, 5.74) is 5.96. The largest absolute Gasteiger partial charge is 0.469 e. The van der Waals surface area contributed by atoms with Crippen LogP contribution in [0.4, 0.5) is 5.69 Å². The van der Waals surface area contributed by atoms with Crippen molar-refractivity contribution in [2.45, 2.75) is 10.6 Å². The second kappa shape index (κ2) is 4.87. The zero-order valence-electron chi connectivity index (χ0n) is 9.83. The monoisotopic (exact) mass is 290 g/mol. The zero-order chi connectivity index (χ0) is 13.3. The molecule has 1 aromatic rings. The number of nitrogens with zero attached hydrogens (tertiary/aromatic N) is 1. The van der Waals surface area contributed by atoms with Crippen molar-refractivity contribution in [3.8, 4) is 0 Å². The number of carbonyl (C=O) groups excluding carboxylic acids is 1. The molecule has 0 aromatic carbocycles. The van der Waals surface area contributed by atoms with Gasteiger partial charge in [0.15, 0.2) is 0 Å². The van der Waals surface area contributed by atoms with E-state index >= 15 is 0 Å². The number of hydrogen-bond donors (Lipinski definition) is 1. The van der Waals surface area contributed by atoms with Gasteiger partial charge in [-0.1, -0.05) is 0 Å². The Balaban J connectivity index is 2.16. The number of carbonyl (C=O) groups is 1. The lowest BCUT2D eigenvalue weighted by Gasteiger charge is -2.14. The van der Waals surface area contributed by atoms with Crippen molar-refractivity contribution < 1.29 is 17.9 Å². The fraction of sp³-hybridized carbons (Fsp3) is 0.500. The van der Waals surface area contributed by atoms with E-state index in [0.29, 0.717) is 18.7 Å². The number of ether oxygens (including phenoxy) is 1. The van der Waals surface area contributed by atoms with E-state index < -0.39 is 10.0 Å². The minimum absolute atomic E-state index is 0.173. The van der Waals surface area contributed by atoms with Crippen LogP contribution in [0.3, 0.4) is 0 Å². The van der Waals surface area contributed by atoms with Gasteiger partial charge < -0.3 is 10.5 Å². The highest BCUT2D eigenvalue weighted by molar-refractivity contribution is 7.91. The number of nitrogens with two attached hydrogens (primary N) is 1. The van der Waals surface area contributed by atoms with Crippen molar-refractivity contribution >= 4 is 33.0 Å². The standard InChI is InChI=1S/C10H14N2O4S2/c1-16-10(13)7-2-3-12(5-7)18(14,15)9-4-8(11)6-17-9/h4,6-7H,2-3,5,11H2,1H3. The molecule has 0 radical (unpaired) electrons. The fourth-order valence-electron chi connectivity index (χ4n) is 1.90. The minimum atomic E-state index is -3.53. The second-order valence-corrected chi connectivity index (χ2v) is 7.15. The van der Waals surface area contributed by atoms with Crippen molar-refractivity contribution in [2.24, 2.45) is 5.92 Å². The number of anilines is 1. The summed E-state index contributed by atoms with van der Waals surface area (Å²) in [6.07, 6.45) is 0.493. The Hall–Kier alpha value is -1.12. The second-order valence-electron chi connectivity index (χ2n) is 4.07. The van der Waals surface area contributed by atoms with E-state index in [1.54, 1.807) is 5.38 Å². The first-order valence-corrected chi connectivity index (χ1v) is 7.69. The van der Waals surface area contributed by atoms with Gasteiger partial charge in [0, 0.05) is 24.2 Å². The molecule has 2 rings (SSSR count). The van der Waals surface area contributed by atoms with Crippen molar-refractivity contribution in [2.75, 3.05) is 25.9 Å². The lowest BCUT2D eigenvalue weighted by molar-refractivity contribution is -0.144. The average Bonchev–Trinajstić information content (AvgIpc) is 2.96. The van der Waals surface area contributed by atoms with E-state index in [-0.39, 0.29) is 22.6 Å². The summed E-state index contributed by atoms with van der Waals surface area (Å²) in [6.45, 7) is 0.507. The summed E-state index contributed by atoms with van der Waals surface area (Å²) in [6, 6.07) is 1.44. The molecule has 6 nitrogen and oxygen atoms in total. The van der Waals surface area contributed by atoms with Crippen LogP contribution in [0.2, 0.25) is 0 Å². The van der Waals surface area contributed by atoms with Gasteiger partial charge in [0.1, 0.15) is 4.21 Å². The molecule has 18 heavy (non-hydrogen) atoms. The van der Waals surface area contributed by atoms with Crippen LogP contribution in [0.15, 0.2) is 15.7 Å². The van der Waals surface area contributed by atoms with E-state index in [4.69, 9.17) is 5.73 Å². The number of hydrogen-bond acceptors (Lipinski definition) is 6. The van der Waals surface area contributed by atoms with Gasteiger partial charge in [-0.05, 0) is 12.5 Å². The number of rotatable bonds is 3. The highest BCUT2D eigenvalue weighted by Crippen LogP contribution is 2.29. The minimum Gasteiger partial charge on any atom is -0.469 e. The van der Waals surface area contributed by atoms with E-state index in [1.807, 2.05) is 0 Å². The van der Waals surface area contributed by atoms with Crippen LogP contribution >= 0.6 is 11.3 Å². The summed E-state index contributed by atoms with van der Waals surface area (Å²) < 4.78 is 30.6. The van der Waals surface area contributed by atoms with Crippen molar-refractivity contribution in [3.05, 3.63) is 11.4 Å². The van der Waals surface area contributed by atoms with Crippen LogP contribution in [0.1, 0.15) is 6.42 Å². The molecule has 0 bridgehead atoms. The molecule has 1 atom stereocenters. The summed E-state index contributed by atoms with van der Waals surface area (Å²) >= 11 is 1.09. The quantitative estimate of drug-likeness (QED) is 0.819. The first kappa shape index (κ1) is 13.3. The Bertz CT molecular complexity index is 552. The Morgan fingerprint density at radius 1 is 1.61 bits per heavy atom. The van der Waals surface area contributed by atoms with Gasteiger partial charge in [0.25, 0.3) is 10.0 Å². The molecular weight excluding hydrogens is 276 g/mol. The highest BCUT2D eigenvalue weighted by atomic mass is 32.2. The van der Waals surface area contributed by atoms with Crippen molar-refractivity contribution in [1.29, 1.82) is 0 Å². The molecule has 100 valence electrons. The number of nitrogen functional groups attached to an aromatic ring is 1. The van der Waals surface area contributed by atoms with Gasteiger partial charge in [-0.25, -0.2) is 8.42 Å². The molecule has 0 saturated carbocycles. The van der Waals surface area contributed by atoms with Crippen LogP contribution < -0.4 is 5.73 Å². The molecule has 2 heterocycles. The maximum atomic E-state index is 12.2. The topological polar surface area (TPSA) is 89.7 Å². The van der Waals surface area contributed by atoms with E-state index in [0.717, 1.165) is 11.3 Å². The Morgan fingerprint density at radius 3 is 2.89 bits per heavy atom. The Morgan fingerprint density at radius 2 is 2.33 bits per heavy atom. The first-order valence-electron chi connectivity index (χ1n) is 5.37. The van der Waals surface area contributed by atoms with Gasteiger partial charge >= 0.3 is 5.97 Å². The number of sulfonamides is 1. The maximum absolute atomic E-state index is 12.2. The van der Waals surface area contributed by atoms with Gasteiger partial charge in [0.2, 0.25) is 0 Å². The fourth-order valence-corrected chi connectivity index (χ4v) is 4.63. The van der Waals surface area contributed by atoms with E-state index in [2.05, 4.69) is 4.74 Å². The average molecular weight is 290 g/mol. The van der Waals surface area contributed by atoms with E-state index in [1.165, 1.54) is 17.5 Å². The smallest absolute Gasteiger partial charge is 0.310 e. The lowest BCUT2D eigenvalue weighted by Crippen LogP contribution is -2.29. The van der Waals surface area contributed by atoms with Crippen LogP contribution in [0, 0.1) is 5.92 Å². The van der Waals surface area contributed by atoms with Crippen molar-refractivity contribution in [3.63, 3.8) is 0 Å². The molecule has 0 spiro atoms. The predicted octanol–water partition coefficient (Wildman–Crippen LogP) is 0.514. The molecule has 1 fully saturated rings. The van der Waals surface area contributed by atoms with Gasteiger partial charge in [-0.3, -0.25) is 4.79 Å². The Labute approximate surface area is 109 Å². The van der Waals surface area contributed by atoms with Gasteiger partial charge in [-0.15, -0.1) is 11.3 Å². The Kier molecular flexibility index (Phi) is 3.60. The molecule has 1 aliphatic heterocycles. The molecule has 8 heteroatoms. The normalized spacial score (nSPS) is 21.1. The molecule has 1 saturated heterocycles.